The van der Waals surface area contributed by atoms with E-state index in [-0.39, 0.29) is 10.5 Å². The number of carbonyl (C=O) groups excluding carboxylic acids is 2. The molecule has 26 heavy (non-hydrogen) atoms. The fraction of sp³-hybridized carbons (Fsp3) is 0.176. The Kier molecular flexibility index (Phi) is 6.31. The Morgan fingerprint density at radius 2 is 1.81 bits per heavy atom. The number of carbonyl (C=O) groups is 2. The van der Waals surface area contributed by atoms with Crippen LogP contribution in [0.4, 0.5) is 5.69 Å². The van der Waals surface area contributed by atoms with Crippen molar-refractivity contribution in [1.29, 1.82) is 0 Å². The van der Waals surface area contributed by atoms with Crippen LogP contribution >= 0.6 is 0 Å². The van der Waals surface area contributed by atoms with Crippen molar-refractivity contribution in [2.45, 2.75) is 4.90 Å². The van der Waals surface area contributed by atoms with Crippen molar-refractivity contribution in [2.75, 3.05) is 26.1 Å². The fourth-order valence-corrected chi connectivity index (χ4v) is 2.83. The van der Waals surface area contributed by atoms with E-state index in [1.54, 1.807) is 24.3 Å². The zero-order chi connectivity index (χ0) is 19.2. The van der Waals surface area contributed by atoms with Gasteiger partial charge in [0.05, 0.1) is 23.3 Å². The maximum absolute atomic E-state index is 12.1. The van der Waals surface area contributed by atoms with Crippen molar-refractivity contribution in [3.63, 3.8) is 0 Å². The fourth-order valence-electron chi connectivity index (χ4n) is 2.06. The molecule has 0 fully saturated rings. The minimum Gasteiger partial charge on any atom is -0.495 e. The summed E-state index contributed by atoms with van der Waals surface area (Å²) in [4.78, 5) is 23.9. The number of nitrogens with one attached hydrogen (secondary N) is 2. The summed E-state index contributed by atoms with van der Waals surface area (Å²) in [6.07, 6.45) is 0. The summed E-state index contributed by atoms with van der Waals surface area (Å²) < 4.78 is 35.7. The SMILES string of the molecule is CNS(=O)(=O)c1cccc(C(=O)OCC(=O)Nc2ccccc2OC)c1. The molecule has 0 aliphatic rings. The number of hydrogen-bond donors (Lipinski definition) is 2. The molecule has 0 heterocycles. The Hall–Kier alpha value is -2.91. The maximum Gasteiger partial charge on any atom is 0.338 e. The smallest absolute Gasteiger partial charge is 0.338 e. The van der Waals surface area contributed by atoms with Crippen LogP contribution < -0.4 is 14.8 Å². The maximum atomic E-state index is 12.1. The summed E-state index contributed by atoms with van der Waals surface area (Å²) in [7, 11) is -0.949. The predicted octanol–water partition coefficient (Wildman–Crippen LogP) is 1.40. The van der Waals surface area contributed by atoms with Crippen LogP contribution in [-0.4, -0.2) is 41.1 Å². The molecule has 1 amide bonds. The molecule has 0 bridgehead atoms. The van der Waals surface area contributed by atoms with E-state index in [2.05, 4.69) is 10.0 Å². The lowest BCUT2D eigenvalue weighted by atomic mass is 10.2. The summed E-state index contributed by atoms with van der Waals surface area (Å²) in [5.41, 5.74) is 0.463. The van der Waals surface area contributed by atoms with Crippen LogP contribution in [0.25, 0.3) is 0 Å². The third-order valence-electron chi connectivity index (χ3n) is 3.36. The molecule has 0 saturated heterocycles. The molecular weight excluding hydrogens is 360 g/mol. The monoisotopic (exact) mass is 378 g/mol. The molecule has 2 aromatic carbocycles. The van der Waals surface area contributed by atoms with Gasteiger partial charge < -0.3 is 14.8 Å². The lowest BCUT2D eigenvalue weighted by Crippen LogP contribution is -2.22. The number of amides is 1. The van der Waals surface area contributed by atoms with Crippen molar-refractivity contribution >= 4 is 27.6 Å². The number of sulfonamides is 1. The molecule has 0 saturated carbocycles. The summed E-state index contributed by atoms with van der Waals surface area (Å²) in [6, 6.07) is 12.1. The Morgan fingerprint density at radius 1 is 1.08 bits per heavy atom. The van der Waals surface area contributed by atoms with Crippen LogP contribution in [-0.2, 0) is 19.6 Å². The van der Waals surface area contributed by atoms with E-state index in [1.165, 1.54) is 38.4 Å². The van der Waals surface area contributed by atoms with Crippen molar-refractivity contribution < 1.29 is 27.5 Å². The first-order valence-electron chi connectivity index (χ1n) is 7.51. The standard InChI is InChI=1S/C17H18N2O6S/c1-18-26(22,23)13-7-5-6-12(10-13)17(21)25-11-16(20)19-14-8-3-4-9-15(14)24-2/h3-10,18H,11H2,1-2H3,(H,19,20). The van der Waals surface area contributed by atoms with Crippen LogP contribution in [0, 0.1) is 0 Å². The van der Waals surface area contributed by atoms with Crippen LogP contribution in [0.2, 0.25) is 0 Å². The number of benzene rings is 2. The van der Waals surface area contributed by atoms with Gasteiger partial charge in [-0.15, -0.1) is 0 Å². The number of rotatable bonds is 7. The summed E-state index contributed by atoms with van der Waals surface area (Å²) in [5, 5.41) is 2.57. The number of hydrogen-bond acceptors (Lipinski definition) is 6. The van der Waals surface area contributed by atoms with E-state index < -0.39 is 28.5 Å². The average Bonchev–Trinajstić information content (AvgIpc) is 2.66. The largest absolute Gasteiger partial charge is 0.495 e. The first kappa shape index (κ1) is 19.4. The van der Waals surface area contributed by atoms with Crippen LogP contribution in [0.5, 0.6) is 5.75 Å². The predicted molar refractivity (Wildman–Crippen MR) is 94.6 cm³/mol. The second kappa shape index (κ2) is 8.45. The van der Waals surface area contributed by atoms with Gasteiger partial charge in [0, 0.05) is 0 Å². The van der Waals surface area contributed by atoms with E-state index in [0.717, 1.165) is 0 Å². The molecule has 138 valence electrons. The number of methoxy groups -OCH3 is 1. The molecule has 2 N–H and O–H groups in total. The number of anilines is 1. The molecule has 0 spiro atoms. The van der Waals surface area contributed by atoms with Gasteiger partial charge in [0.25, 0.3) is 5.91 Å². The van der Waals surface area contributed by atoms with Gasteiger partial charge in [-0.1, -0.05) is 18.2 Å². The highest BCUT2D eigenvalue weighted by Crippen LogP contribution is 2.22. The van der Waals surface area contributed by atoms with Crippen molar-refractivity contribution in [3.8, 4) is 5.75 Å². The third kappa shape index (κ3) is 4.80. The Morgan fingerprint density at radius 3 is 2.50 bits per heavy atom. The van der Waals surface area contributed by atoms with Crippen molar-refractivity contribution in [3.05, 3.63) is 54.1 Å². The molecular formula is C17H18N2O6S. The topological polar surface area (TPSA) is 111 Å². The van der Waals surface area contributed by atoms with Gasteiger partial charge in [0.15, 0.2) is 6.61 Å². The minimum absolute atomic E-state index is 0.0198. The molecule has 2 aromatic rings. The third-order valence-corrected chi connectivity index (χ3v) is 4.78. The Bertz CT molecular complexity index is 911. The van der Waals surface area contributed by atoms with Crippen LogP contribution in [0.15, 0.2) is 53.4 Å². The highest BCUT2D eigenvalue weighted by Gasteiger charge is 2.16. The molecule has 0 radical (unpaired) electrons. The highest BCUT2D eigenvalue weighted by atomic mass is 32.2. The summed E-state index contributed by atoms with van der Waals surface area (Å²) in [6.45, 7) is -0.528. The quantitative estimate of drug-likeness (QED) is 0.705. The van der Waals surface area contributed by atoms with Crippen LogP contribution in [0.3, 0.4) is 0 Å². The Balaban J connectivity index is 2.00. The van der Waals surface area contributed by atoms with Crippen LogP contribution in [0.1, 0.15) is 10.4 Å². The van der Waals surface area contributed by atoms with Gasteiger partial charge in [-0.05, 0) is 37.4 Å². The first-order chi connectivity index (χ1) is 12.4. The minimum atomic E-state index is -3.68. The second-order valence-electron chi connectivity index (χ2n) is 5.06. The summed E-state index contributed by atoms with van der Waals surface area (Å²) >= 11 is 0. The first-order valence-corrected chi connectivity index (χ1v) is 8.99. The molecule has 0 unspecified atom stereocenters. The lowest BCUT2D eigenvalue weighted by Gasteiger charge is -2.10. The molecule has 0 aliphatic heterocycles. The number of esters is 1. The van der Waals surface area contributed by atoms with Gasteiger partial charge in [0.1, 0.15) is 5.75 Å². The van der Waals surface area contributed by atoms with Gasteiger partial charge in [-0.3, -0.25) is 4.79 Å². The van der Waals surface area contributed by atoms with Crippen molar-refractivity contribution in [2.24, 2.45) is 0 Å². The van der Waals surface area contributed by atoms with E-state index in [1.807, 2.05) is 0 Å². The number of para-hydroxylation sites is 2. The zero-order valence-electron chi connectivity index (χ0n) is 14.2. The normalized spacial score (nSPS) is 10.8. The molecule has 2 rings (SSSR count). The molecule has 0 aromatic heterocycles. The Labute approximate surface area is 151 Å². The van der Waals surface area contributed by atoms with E-state index in [0.29, 0.717) is 11.4 Å². The molecule has 8 nitrogen and oxygen atoms in total. The average molecular weight is 378 g/mol. The molecule has 0 atom stereocenters. The van der Waals surface area contributed by atoms with Gasteiger partial charge >= 0.3 is 5.97 Å². The van der Waals surface area contributed by atoms with E-state index in [4.69, 9.17) is 9.47 Å². The summed E-state index contributed by atoms with van der Waals surface area (Å²) in [5.74, 6) is -0.896. The highest BCUT2D eigenvalue weighted by molar-refractivity contribution is 7.89. The number of ether oxygens (including phenoxy) is 2. The zero-order valence-corrected chi connectivity index (χ0v) is 15.0. The van der Waals surface area contributed by atoms with Gasteiger partial charge in [-0.25, -0.2) is 17.9 Å². The molecule has 0 aliphatic carbocycles. The van der Waals surface area contributed by atoms with Gasteiger partial charge in [-0.2, -0.15) is 0 Å². The van der Waals surface area contributed by atoms with Gasteiger partial charge in [0.2, 0.25) is 10.0 Å². The van der Waals surface area contributed by atoms with Crippen molar-refractivity contribution in [1.82, 2.24) is 4.72 Å². The van der Waals surface area contributed by atoms with E-state index >= 15 is 0 Å². The lowest BCUT2D eigenvalue weighted by molar-refractivity contribution is -0.119. The van der Waals surface area contributed by atoms with E-state index in [9.17, 15) is 18.0 Å². The second-order valence-corrected chi connectivity index (χ2v) is 6.95. The molecule has 9 heteroatoms.